The maximum Gasteiger partial charge on any atom is 0.149 e. The van der Waals surface area contributed by atoms with Gasteiger partial charge in [-0.25, -0.2) is 22.8 Å². The SMILES string of the molecule is CS(=O)(=O)CC1CCCCN1c1ncnc2c(F)cccc12. The van der Waals surface area contributed by atoms with Gasteiger partial charge in [-0.3, -0.25) is 0 Å². The van der Waals surface area contributed by atoms with E-state index < -0.39 is 15.7 Å². The molecule has 1 aliphatic heterocycles. The van der Waals surface area contributed by atoms with Crippen molar-refractivity contribution in [3.05, 3.63) is 30.3 Å². The molecule has 1 atom stereocenters. The van der Waals surface area contributed by atoms with E-state index in [1.165, 1.54) is 18.6 Å². The minimum Gasteiger partial charge on any atom is -0.352 e. The van der Waals surface area contributed by atoms with E-state index >= 15 is 0 Å². The minimum atomic E-state index is -3.09. The summed E-state index contributed by atoms with van der Waals surface area (Å²) < 4.78 is 37.2. The van der Waals surface area contributed by atoms with Crippen LogP contribution in [0.5, 0.6) is 0 Å². The largest absolute Gasteiger partial charge is 0.352 e. The molecule has 5 nitrogen and oxygen atoms in total. The Morgan fingerprint density at radius 2 is 2.14 bits per heavy atom. The van der Waals surface area contributed by atoms with Crippen LogP contribution in [0.3, 0.4) is 0 Å². The van der Waals surface area contributed by atoms with Gasteiger partial charge in [-0.15, -0.1) is 0 Å². The van der Waals surface area contributed by atoms with Crippen LogP contribution in [0, 0.1) is 5.82 Å². The van der Waals surface area contributed by atoms with Crippen molar-refractivity contribution >= 4 is 26.6 Å². The van der Waals surface area contributed by atoms with Crippen LogP contribution in [0.15, 0.2) is 24.5 Å². The zero-order chi connectivity index (χ0) is 15.7. The molecule has 3 rings (SSSR count). The van der Waals surface area contributed by atoms with Gasteiger partial charge in [0.05, 0.1) is 5.75 Å². The standard InChI is InChI=1S/C15H18FN3O2S/c1-22(20,21)9-11-5-2-3-8-19(11)15-12-6-4-7-13(16)14(12)17-10-18-15/h4,6-7,10-11H,2-3,5,8-9H2,1H3. The second-order valence-corrected chi connectivity index (χ2v) is 7.95. The van der Waals surface area contributed by atoms with E-state index in [4.69, 9.17) is 0 Å². The van der Waals surface area contributed by atoms with Gasteiger partial charge in [0, 0.05) is 24.2 Å². The maximum absolute atomic E-state index is 13.9. The molecule has 1 saturated heterocycles. The van der Waals surface area contributed by atoms with Gasteiger partial charge in [-0.2, -0.15) is 0 Å². The molecule has 1 aliphatic rings. The fourth-order valence-corrected chi connectivity index (χ4v) is 4.11. The first kappa shape index (κ1) is 15.1. The third kappa shape index (κ3) is 3.04. The van der Waals surface area contributed by atoms with Crippen molar-refractivity contribution in [2.24, 2.45) is 0 Å². The lowest BCUT2D eigenvalue weighted by Gasteiger charge is -2.36. The van der Waals surface area contributed by atoms with Crippen LogP contribution in [-0.4, -0.2) is 43.0 Å². The Morgan fingerprint density at radius 3 is 2.91 bits per heavy atom. The second-order valence-electron chi connectivity index (χ2n) is 5.77. The van der Waals surface area contributed by atoms with Gasteiger partial charge < -0.3 is 4.90 Å². The van der Waals surface area contributed by atoms with Gasteiger partial charge in [0.2, 0.25) is 0 Å². The van der Waals surface area contributed by atoms with Crippen LogP contribution in [0.1, 0.15) is 19.3 Å². The first-order valence-corrected chi connectivity index (χ1v) is 9.35. The number of piperidine rings is 1. The number of anilines is 1. The molecule has 0 amide bonds. The van der Waals surface area contributed by atoms with Crippen molar-refractivity contribution in [1.82, 2.24) is 9.97 Å². The average Bonchev–Trinajstić information content (AvgIpc) is 2.46. The quantitative estimate of drug-likeness (QED) is 0.866. The van der Waals surface area contributed by atoms with E-state index in [0.29, 0.717) is 11.2 Å². The Kier molecular flexibility index (Phi) is 3.99. The van der Waals surface area contributed by atoms with Crippen molar-refractivity contribution in [2.75, 3.05) is 23.5 Å². The van der Waals surface area contributed by atoms with E-state index in [-0.39, 0.29) is 17.3 Å². The Morgan fingerprint density at radius 1 is 1.32 bits per heavy atom. The lowest BCUT2D eigenvalue weighted by Crippen LogP contribution is -2.44. The zero-order valence-electron chi connectivity index (χ0n) is 12.4. The summed E-state index contributed by atoms with van der Waals surface area (Å²) in [7, 11) is -3.09. The summed E-state index contributed by atoms with van der Waals surface area (Å²) in [5, 5.41) is 0.628. The number of hydrogen-bond acceptors (Lipinski definition) is 5. The summed E-state index contributed by atoms with van der Waals surface area (Å²) in [5.41, 5.74) is 0.274. The average molecular weight is 323 g/mol. The molecule has 0 bridgehead atoms. The molecule has 2 heterocycles. The van der Waals surface area contributed by atoms with Crippen LogP contribution in [0.4, 0.5) is 10.2 Å². The summed E-state index contributed by atoms with van der Waals surface area (Å²) in [6.07, 6.45) is 5.35. The van der Waals surface area contributed by atoms with Gasteiger partial charge in [0.15, 0.2) is 0 Å². The van der Waals surface area contributed by atoms with E-state index in [0.717, 1.165) is 25.8 Å². The number of sulfone groups is 1. The number of aromatic nitrogens is 2. The Labute approximate surface area is 129 Å². The number of halogens is 1. The molecular weight excluding hydrogens is 305 g/mol. The number of fused-ring (bicyclic) bond motifs is 1. The smallest absolute Gasteiger partial charge is 0.149 e. The highest BCUT2D eigenvalue weighted by Gasteiger charge is 2.28. The predicted octanol–water partition coefficient (Wildman–Crippen LogP) is 2.17. The number of hydrogen-bond donors (Lipinski definition) is 0. The topological polar surface area (TPSA) is 63.2 Å². The van der Waals surface area contributed by atoms with Crippen molar-refractivity contribution in [1.29, 1.82) is 0 Å². The molecule has 7 heteroatoms. The van der Waals surface area contributed by atoms with Crippen LogP contribution in [-0.2, 0) is 9.84 Å². The van der Waals surface area contributed by atoms with Gasteiger partial charge in [-0.05, 0) is 31.4 Å². The molecule has 1 fully saturated rings. The molecule has 0 spiro atoms. The zero-order valence-corrected chi connectivity index (χ0v) is 13.2. The number of nitrogens with zero attached hydrogens (tertiary/aromatic N) is 3. The second kappa shape index (κ2) is 5.79. The van der Waals surface area contributed by atoms with E-state index in [9.17, 15) is 12.8 Å². The maximum atomic E-state index is 13.9. The lowest BCUT2D eigenvalue weighted by molar-refractivity contribution is 0.478. The Bertz CT molecular complexity index is 794. The van der Waals surface area contributed by atoms with Gasteiger partial charge >= 0.3 is 0 Å². The molecular formula is C15H18FN3O2S. The molecule has 1 aromatic carbocycles. The van der Waals surface area contributed by atoms with Gasteiger partial charge in [0.25, 0.3) is 0 Å². The first-order chi connectivity index (χ1) is 10.5. The molecule has 0 aliphatic carbocycles. The van der Waals surface area contributed by atoms with Crippen molar-refractivity contribution in [3.63, 3.8) is 0 Å². The third-order valence-corrected chi connectivity index (χ3v) is 4.98. The summed E-state index contributed by atoms with van der Waals surface area (Å²) >= 11 is 0. The van der Waals surface area contributed by atoms with Crippen molar-refractivity contribution in [3.8, 4) is 0 Å². The molecule has 0 N–H and O–H groups in total. The number of benzene rings is 1. The molecule has 1 unspecified atom stereocenters. The van der Waals surface area contributed by atoms with Crippen LogP contribution in [0.2, 0.25) is 0 Å². The van der Waals surface area contributed by atoms with E-state index in [2.05, 4.69) is 9.97 Å². The molecule has 118 valence electrons. The van der Waals surface area contributed by atoms with E-state index in [1.807, 2.05) is 4.90 Å². The molecule has 1 aromatic heterocycles. The first-order valence-electron chi connectivity index (χ1n) is 7.29. The lowest BCUT2D eigenvalue weighted by atomic mass is 10.0. The molecule has 0 saturated carbocycles. The Balaban J connectivity index is 2.06. The minimum absolute atomic E-state index is 0.0911. The fraction of sp³-hybridized carbons (Fsp3) is 0.467. The van der Waals surface area contributed by atoms with Crippen molar-refractivity contribution < 1.29 is 12.8 Å². The molecule has 0 radical (unpaired) electrons. The molecule has 22 heavy (non-hydrogen) atoms. The fourth-order valence-electron chi connectivity index (χ4n) is 3.07. The highest BCUT2D eigenvalue weighted by atomic mass is 32.2. The van der Waals surface area contributed by atoms with Crippen LogP contribution in [0.25, 0.3) is 10.9 Å². The van der Waals surface area contributed by atoms with Crippen LogP contribution >= 0.6 is 0 Å². The Hall–Kier alpha value is -1.76. The van der Waals surface area contributed by atoms with Gasteiger partial charge in [-0.1, -0.05) is 6.07 Å². The number of para-hydroxylation sites is 1. The third-order valence-electron chi connectivity index (χ3n) is 3.99. The molecule has 2 aromatic rings. The summed E-state index contributed by atoms with van der Waals surface area (Å²) in [6.45, 7) is 0.725. The summed E-state index contributed by atoms with van der Waals surface area (Å²) in [6, 6.07) is 4.65. The van der Waals surface area contributed by atoms with E-state index in [1.54, 1.807) is 12.1 Å². The highest BCUT2D eigenvalue weighted by molar-refractivity contribution is 7.90. The van der Waals surface area contributed by atoms with Crippen molar-refractivity contribution in [2.45, 2.75) is 25.3 Å². The normalized spacial score (nSPS) is 19.5. The number of rotatable bonds is 3. The predicted molar refractivity (Wildman–Crippen MR) is 84.2 cm³/mol. The van der Waals surface area contributed by atoms with Gasteiger partial charge in [0.1, 0.15) is 33.3 Å². The summed E-state index contributed by atoms with van der Waals surface area (Å²) in [4.78, 5) is 10.3. The van der Waals surface area contributed by atoms with Crippen LogP contribution < -0.4 is 4.90 Å². The summed E-state index contributed by atoms with van der Waals surface area (Å²) in [5.74, 6) is 0.323. The highest BCUT2D eigenvalue weighted by Crippen LogP contribution is 2.30. The monoisotopic (exact) mass is 323 g/mol.